The lowest BCUT2D eigenvalue weighted by atomic mass is 10.1. The van der Waals surface area contributed by atoms with E-state index in [1.165, 1.54) is 0 Å². The highest BCUT2D eigenvalue weighted by Crippen LogP contribution is 2.14. The van der Waals surface area contributed by atoms with E-state index in [1.54, 1.807) is 0 Å². The van der Waals surface area contributed by atoms with Crippen LogP contribution in [0.3, 0.4) is 0 Å². The van der Waals surface area contributed by atoms with Gasteiger partial charge in [-0.25, -0.2) is 0 Å². The van der Waals surface area contributed by atoms with Crippen molar-refractivity contribution < 1.29 is 4.74 Å². The van der Waals surface area contributed by atoms with Gasteiger partial charge < -0.3 is 4.74 Å². The minimum absolute atomic E-state index is 0.0377. The monoisotopic (exact) mass is 129 g/mol. The molecule has 1 heteroatoms. The van der Waals surface area contributed by atoms with Gasteiger partial charge in [-0.2, -0.15) is 0 Å². The van der Waals surface area contributed by atoms with E-state index in [1.807, 2.05) is 6.61 Å². The van der Waals surface area contributed by atoms with Gasteiger partial charge in [-0.1, -0.05) is 13.8 Å². The van der Waals surface area contributed by atoms with Crippen LogP contribution in [-0.2, 0) is 4.74 Å². The van der Waals surface area contributed by atoms with Gasteiger partial charge in [0, 0.05) is 0 Å². The SMILES string of the molecule is CC[CH]OC(C)(C)CC. The summed E-state index contributed by atoms with van der Waals surface area (Å²) in [5, 5.41) is 0. The summed E-state index contributed by atoms with van der Waals surface area (Å²) in [4.78, 5) is 0. The molecule has 0 heterocycles. The standard InChI is InChI=1S/C8H17O/c1-5-7-9-8(3,4)6-2/h7H,5-6H2,1-4H3. The molecule has 0 fully saturated rings. The molecule has 0 atom stereocenters. The minimum atomic E-state index is 0.0377. The predicted octanol–water partition coefficient (Wildman–Crippen LogP) is 2.76. The van der Waals surface area contributed by atoms with Crippen molar-refractivity contribution in [1.82, 2.24) is 0 Å². The third kappa shape index (κ3) is 4.46. The van der Waals surface area contributed by atoms with Crippen molar-refractivity contribution in [1.29, 1.82) is 0 Å². The smallest absolute Gasteiger partial charge is 0.0841 e. The molecule has 55 valence electrons. The number of rotatable bonds is 4. The number of hydrogen-bond donors (Lipinski definition) is 0. The molecule has 0 aliphatic carbocycles. The topological polar surface area (TPSA) is 9.23 Å². The molecule has 0 aromatic carbocycles. The van der Waals surface area contributed by atoms with Gasteiger partial charge in [-0.15, -0.1) is 0 Å². The highest BCUT2D eigenvalue weighted by Gasteiger charge is 2.13. The van der Waals surface area contributed by atoms with Gasteiger partial charge in [-0.3, -0.25) is 0 Å². The summed E-state index contributed by atoms with van der Waals surface area (Å²) < 4.78 is 5.40. The quantitative estimate of drug-likeness (QED) is 0.567. The lowest BCUT2D eigenvalue weighted by molar-refractivity contribution is 0.0204. The maximum Gasteiger partial charge on any atom is 0.0841 e. The Kier molecular flexibility index (Phi) is 3.87. The molecule has 0 N–H and O–H groups in total. The van der Waals surface area contributed by atoms with E-state index >= 15 is 0 Å². The van der Waals surface area contributed by atoms with Crippen LogP contribution in [0.15, 0.2) is 0 Å². The lowest BCUT2D eigenvalue weighted by Crippen LogP contribution is -2.21. The van der Waals surface area contributed by atoms with Crippen molar-refractivity contribution >= 4 is 0 Å². The van der Waals surface area contributed by atoms with Crippen LogP contribution in [0.1, 0.15) is 40.5 Å². The van der Waals surface area contributed by atoms with E-state index in [0.717, 1.165) is 12.8 Å². The first-order valence-electron chi connectivity index (χ1n) is 3.62. The van der Waals surface area contributed by atoms with Crippen LogP contribution in [0.5, 0.6) is 0 Å². The van der Waals surface area contributed by atoms with Crippen molar-refractivity contribution in [2.75, 3.05) is 0 Å². The third-order valence-electron chi connectivity index (χ3n) is 1.42. The highest BCUT2D eigenvalue weighted by molar-refractivity contribution is 4.67. The van der Waals surface area contributed by atoms with Gasteiger partial charge in [0.1, 0.15) is 0 Å². The highest BCUT2D eigenvalue weighted by atomic mass is 16.5. The minimum Gasteiger partial charge on any atom is -0.370 e. The first kappa shape index (κ1) is 8.96. The van der Waals surface area contributed by atoms with Crippen LogP contribution in [0.25, 0.3) is 0 Å². The van der Waals surface area contributed by atoms with E-state index in [4.69, 9.17) is 4.74 Å². The second-order valence-corrected chi connectivity index (χ2v) is 2.81. The van der Waals surface area contributed by atoms with Gasteiger partial charge in [0.05, 0.1) is 12.2 Å². The summed E-state index contributed by atoms with van der Waals surface area (Å²) in [6.07, 6.45) is 2.05. The second-order valence-electron chi connectivity index (χ2n) is 2.81. The van der Waals surface area contributed by atoms with Crippen LogP contribution in [-0.4, -0.2) is 5.60 Å². The fourth-order valence-corrected chi connectivity index (χ4v) is 0.392. The van der Waals surface area contributed by atoms with Crippen LogP contribution in [0.4, 0.5) is 0 Å². The Morgan fingerprint density at radius 2 is 1.89 bits per heavy atom. The summed E-state index contributed by atoms with van der Waals surface area (Å²) in [7, 11) is 0. The van der Waals surface area contributed by atoms with E-state index in [9.17, 15) is 0 Å². The molecule has 0 saturated heterocycles. The molecule has 9 heavy (non-hydrogen) atoms. The summed E-state index contributed by atoms with van der Waals surface area (Å²) in [6.45, 7) is 10.3. The molecule has 0 amide bonds. The van der Waals surface area contributed by atoms with Crippen LogP contribution in [0.2, 0.25) is 0 Å². The molecule has 0 aliphatic heterocycles. The Morgan fingerprint density at radius 1 is 1.33 bits per heavy atom. The Labute approximate surface area is 58.4 Å². The van der Waals surface area contributed by atoms with E-state index in [0.29, 0.717) is 0 Å². The summed E-state index contributed by atoms with van der Waals surface area (Å²) in [5.74, 6) is 0. The van der Waals surface area contributed by atoms with Crippen LogP contribution in [0, 0.1) is 6.61 Å². The van der Waals surface area contributed by atoms with Crippen molar-refractivity contribution in [2.24, 2.45) is 0 Å². The molecule has 0 aromatic heterocycles. The Balaban J connectivity index is 3.33. The zero-order valence-corrected chi connectivity index (χ0v) is 6.90. The average molecular weight is 129 g/mol. The summed E-state index contributed by atoms with van der Waals surface area (Å²) >= 11 is 0. The Bertz CT molecular complexity index is 67.0. The summed E-state index contributed by atoms with van der Waals surface area (Å²) in [5.41, 5.74) is 0.0377. The maximum absolute atomic E-state index is 5.40. The molecule has 0 saturated carbocycles. The summed E-state index contributed by atoms with van der Waals surface area (Å²) in [6, 6.07) is 0. The molecule has 0 aliphatic rings. The molecule has 0 bridgehead atoms. The van der Waals surface area contributed by atoms with Gasteiger partial charge in [0.15, 0.2) is 0 Å². The fourth-order valence-electron chi connectivity index (χ4n) is 0.392. The van der Waals surface area contributed by atoms with Gasteiger partial charge in [-0.05, 0) is 26.7 Å². The van der Waals surface area contributed by atoms with E-state index in [2.05, 4.69) is 27.7 Å². The van der Waals surface area contributed by atoms with Crippen LogP contribution < -0.4 is 0 Å². The Morgan fingerprint density at radius 3 is 2.22 bits per heavy atom. The van der Waals surface area contributed by atoms with E-state index in [-0.39, 0.29) is 5.60 Å². The maximum atomic E-state index is 5.40. The van der Waals surface area contributed by atoms with Gasteiger partial charge in [0.25, 0.3) is 0 Å². The van der Waals surface area contributed by atoms with E-state index < -0.39 is 0 Å². The van der Waals surface area contributed by atoms with Gasteiger partial charge >= 0.3 is 0 Å². The van der Waals surface area contributed by atoms with Crippen molar-refractivity contribution in [3.8, 4) is 0 Å². The largest absolute Gasteiger partial charge is 0.370 e. The third-order valence-corrected chi connectivity index (χ3v) is 1.42. The van der Waals surface area contributed by atoms with Crippen molar-refractivity contribution in [2.45, 2.75) is 46.1 Å². The molecule has 0 rings (SSSR count). The molecular weight excluding hydrogens is 112 g/mol. The molecule has 1 nitrogen and oxygen atoms in total. The Hall–Kier alpha value is -0.0400. The average Bonchev–Trinajstić information content (AvgIpc) is 1.84. The first-order valence-corrected chi connectivity index (χ1v) is 3.62. The van der Waals surface area contributed by atoms with Crippen LogP contribution >= 0.6 is 0 Å². The normalized spacial score (nSPS) is 12.0. The molecule has 0 spiro atoms. The second kappa shape index (κ2) is 3.89. The van der Waals surface area contributed by atoms with Crippen molar-refractivity contribution in [3.05, 3.63) is 6.61 Å². The molecule has 0 unspecified atom stereocenters. The van der Waals surface area contributed by atoms with Crippen molar-refractivity contribution in [3.63, 3.8) is 0 Å². The fraction of sp³-hybridized carbons (Fsp3) is 0.875. The zero-order chi connectivity index (χ0) is 7.33. The first-order chi connectivity index (χ1) is 4.12. The predicted molar refractivity (Wildman–Crippen MR) is 40.0 cm³/mol. The molecule has 0 aromatic rings. The molecule has 1 radical (unpaired) electrons. The lowest BCUT2D eigenvalue weighted by Gasteiger charge is -2.22. The zero-order valence-electron chi connectivity index (χ0n) is 6.90. The van der Waals surface area contributed by atoms with Gasteiger partial charge in [0.2, 0.25) is 0 Å². The molecular formula is C8H17O. The number of ether oxygens (including phenoxy) is 1. The number of hydrogen-bond acceptors (Lipinski definition) is 1.